The van der Waals surface area contributed by atoms with Gasteiger partial charge in [0.2, 0.25) is 0 Å². The van der Waals surface area contributed by atoms with Crippen molar-refractivity contribution in [1.29, 1.82) is 0 Å². The van der Waals surface area contributed by atoms with E-state index in [-0.39, 0.29) is 0 Å². The maximum absolute atomic E-state index is 4.63. The highest BCUT2D eigenvalue weighted by atomic mass is 15.2. The molecule has 1 atom stereocenters. The number of hydrogen-bond acceptors (Lipinski definition) is 3. The summed E-state index contributed by atoms with van der Waals surface area (Å²) in [6, 6.07) is 19.4. The van der Waals surface area contributed by atoms with Gasteiger partial charge in [-0.25, -0.2) is 4.98 Å². The maximum atomic E-state index is 4.63. The summed E-state index contributed by atoms with van der Waals surface area (Å²) < 4.78 is 0. The zero-order valence-corrected chi connectivity index (χ0v) is 17.1. The van der Waals surface area contributed by atoms with Crippen LogP contribution < -0.4 is 10.6 Å². The van der Waals surface area contributed by atoms with Gasteiger partial charge in [0, 0.05) is 39.1 Å². The summed E-state index contributed by atoms with van der Waals surface area (Å²) in [7, 11) is 1.83. The van der Waals surface area contributed by atoms with Gasteiger partial charge >= 0.3 is 0 Å². The molecule has 152 valence electrons. The van der Waals surface area contributed by atoms with E-state index in [1.165, 1.54) is 24.9 Å². The van der Waals surface area contributed by atoms with E-state index in [2.05, 4.69) is 66.9 Å². The Labute approximate surface area is 172 Å². The summed E-state index contributed by atoms with van der Waals surface area (Å²) in [6.07, 6.45) is 3.33. The van der Waals surface area contributed by atoms with Crippen LogP contribution in [-0.2, 0) is 13.0 Å². The fraction of sp³-hybridized carbons (Fsp3) is 0.391. The van der Waals surface area contributed by atoms with E-state index >= 15 is 0 Å². The van der Waals surface area contributed by atoms with Crippen molar-refractivity contribution in [1.82, 2.24) is 25.5 Å². The lowest BCUT2D eigenvalue weighted by molar-refractivity contribution is 0.245. The molecule has 3 N–H and O–H groups in total. The third kappa shape index (κ3) is 5.15. The summed E-state index contributed by atoms with van der Waals surface area (Å²) in [4.78, 5) is 15.0. The van der Waals surface area contributed by atoms with Crippen molar-refractivity contribution >= 4 is 17.0 Å². The lowest BCUT2D eigenvalue weighted by Gasteiger charge is -2.25. The molecule has 1 aliphatic heterocycles. The van der Waals surface area contributed by atoms with Gasteiger partial charge in [0.25, 0.3) is 0 Å². The molecule has 0 saturated carbocycles. The van der Waals surface area contributed by atoms with E-state index in [9.17, 15) is 0 Å². The fourth-order valence-electron chi connectivity index (χ4n) is 4.01. The average Bonchev–Trinajstić information content (AvgIpc) is 3.37. The molecule has 0 bridgehead atoms. The van der Waals surface area contributed by atoms with Gasteiger partial charge < -0.3 is 15.6 Å². The second-order valence-corrected chi connectivity index (χ2v) is 7.58. The van der Waals surface area contributed by atoms with Crippen LogP contribution in [-0.4, -0.2) is 53.6 Å². The van der Waals surface area contributed by atoms with Crippen molar-refractivity contribution in [2.45, 2.75) is 31.8 Å². The Morgan fingerprint density at radius 3 is 2.79 bits per heavy atom. The molecular weight excluding hydrogens is 360 g/mol. The highest BCUT2D eigenvalue weighted by Crippen LogP contribution is 2.19. The second kappa shape index (κ2) is 9.56. The normalized spacial score (nSPS) is 17.7. The van der Waals surface area contributed by atoms with Crippen LogP contribution in [0.5, 0.6) is 0 Å². The van der Waals surface area contributed by atoms with E-state index in [4.69, 9.17) is 0 Å². The van der Waals surface area contributed by atoms with Crippen molar-refractivity contribution < 1.29 is 0 Å². The van der Waals surface area contributed by atoms with Crippen LogP contribution in [0.3, 0.4) is 0 Å². The Morgan fingerprint density at radius 1 is 1.14 bits per heavy atom. The number of rotatable bonds is 7. The Kier molecular flexibility index (Phi) is 6.42. The second-order valence-electron chi connectivity index (χ2n) is 7.58. The molecule has 4 rings (SSSR count). The number of guanidine groups is 1. The van der Waals surface area contributed by atoms with Gasteiger partial charge in [0.15, 0.2) is 5.96 Å². The van der Waals surface area contributed by atoms with Gasteiger partial charge in [0.1, 0.15) is 5.82 Å². The van der Waals surface area contributed by atoms with Crippen molar-refractivity contribution in [3.05, 3.63) is 66.0 Å². The molecule has 3 aromatic rings. The standard InChI is InChI=1S/C23H30N6/c1-24-23(25-14-13-22-27-20-11-5-6-12-21(20)28-22)26-16-19-10-7-15-29(19)17-18-8-3-2-4-9-18/h2-6,8-9,11-12,19H,7,10,13-17H2,1H3,(H,27,28)(H2,24,25,26). The Bertz CT molecular complexity index is 900. The predicted octanol–water partition coefficient (Wildman–Crippen LogP) is 2.94. The summed E-state index contributed by atoms with van der Waals surface area (Å²) in [6.45, 7) is 3.89. The van der Waals surface area contributed by atoms with Crippen molar-refractivity contribution in [3.63, 3.8) is 0 Å². The molecule has 0 amide bonds. The number of para-hydroxylation sites is 2. The molecule has 1 unspecified atom stereocenters. The molecule has 1 fully saturated rings. The van der Waals surface area contributed by atoms with Crippen LogP contribution in [0, 0.1) is 0 Å². The topological polar surface area (TPSA) is 68.3 Å². The monoisotopic (exact) mass is 390 g/mol. The lowest BCUT2D eigenvalue weighted by Crippen LogP contribution is -2.45. The molecule has 29 heavy (non-hydrogen) atoms. The van der Waals surface area contributed by atoms with Gasteiger partial charge in [-0.15, -0.1) is 0 Å². The van der Waals surface area contributed by atoms with Gasteiger partial charge in [-0.1, -0.05) is 42.5 Å². The van der Waals surface area contributed by atoms with E-state index in [0.29, 0.717) is 6.04 Å². The summed E-state index contributed by atoms with van der Waals surface area (Å²) in [5.41, 5.74) is 3.49. The van der Waals surface area contributed by atoms with E-state index in [1.807, 2.05) is 25.2 Å². The molecule has 6 heteroatoms. The lowest BCUT2D eigenvalue weighted by atomic mass is 10.2. The van der Waals surface area contributed by atoms with Crippen LogP contribution in [0.15, 0.2) is 59.6 Å². The number of likely N-dealkylation sites (tertiary alicyclic amines) is 1. The number of fused-ring (bicyclic) bond motifs is 1. The average molecular weight is 391 g/mol. The first-order valence-electron chi connectivity index (χ1n) is 10.5. The van der Waals surface area contributed by atoms with Gasteiger partial charge in [-0.2, -0.15) is 0 Å². The molecule has 6 nitrogen and oxygen atoms in total. The third-order valence-corrected chi connectivity index (χ3v) is 5.55. The van der Waals surface area contributed by atoms with Crippen molar-refractivity contribution in [3.8, 4) is 0 Å². The molecule has 1 aliphatic rings. The van der Waals surface area contributed by atoms with Gasteiger partial charge in [-0.05, 0) is 37.1 Å². The number of nitrogens with zero attached hydrogens (tertiary/aromatic N) is 3. The number of hydrogen-bond donors (Lipinski definition) is 3. The number of imidazole rings is 1. The van der Waals surface area contributed by atoms with Crippen LogP contribution in [0.1, 0.15) is 24.2 Å². The molecule has 2 aromatic carbocycles. The molecule has 0 radical (unpaired) electrons. The number of H-pyrrole nitrogens is 1. The van der Waals surface area contributed by atoms with Crippen LogP contribution in [0.2, 0.25) is 0 Å². The van der Waals surface area contributed by atoms with Crippen molar-refractivity contribution in [2.75, 3.05) is 26.7 Å². The maximum Gasteiger partial charge on any atom is 0.191 e. The first-order valence-corrected chi connectivity index (χ1v) is 10.5. The predicted molar refractivity (Wildman–Crippen MR) is 119 cm³/mol. The minimum Gasteiger partial charge on any atom is -0.356 e. The quantitative estimate of drug-likeness (QED) is 0.429. The Hall–Kier alpha value is -2.86. The molecule has 1 saturated heterocycles. The van der Waals surface area contributed by atoms with Crippen LogP contribution >= 0.6 is 0 Å². The van der Waals surface area contributed by atoms with E-state index in [1.54, 1.807) is 0 Å². The molecule has 2 heterocycles. The first-order chi connectivity index (χ1) is 14.3. The summed E-state index contributed by atoms with van der Waals surface area (Å²) >= 11 is 0. The zero-order chi connectivity index (χ0) is 19.9. The van der Waals surface area contributed by atoms with E-state index in [0.717, 1.165) is 48.9 Å². The minimum atomic E-state index is 0.545. The van der Waals surface area contributed by atoms with Gasteiger partial charge in [0.05, 0.1) is 11.0 Å². The summed E-state index contributed by atoms with van der Waals surface area (Å²) in [5, 5.41) is 6.92. The van der Waals surface area contributed by atoms with Crippen molar-refractivity contribution in [2.24, 2.45) is 4.99 Å². The smallest absolute Gasteiger partial charge is 0.191 e. The largest absolute Gasteiger partial charge is 0.356 e. The first kappa shape index (κ1) is 19.5. The third-order valence-electron chi connectivity index (χ3n) is 5.55. The molecule has 1 aromatic heterocycles. The molecule has 0 aliphatic carbocycles. The van der Waals surface area contributed by atoms with Crippen LogP contribution in [0.25, 0.3) is 11.0 Å². The fourth-order valence-corrected chi connectivity index (χ4v) is 4.01. The number of aromatic nitrogens is 2. The number of aliphatic imine (C=N–C) groups is 1. The SMILES string of the molecule is CN=C(NCCc1nc2ccccc2[nH]1)NCC1CCCN1Cc1ccccc1. The van der Waals surface area contributed by atoms with E-state index < -0.39 is 0 Å². The molecular formula is C23H30N6. The van der Waals surface area contributed by atoms with Crippen LogP contribution in [0.4, 0.5) is 0 Å². The zero-order valence-electron chi connectivity index (χ0n) is 17.1. The molecule has 0 spiro atoms. The highest BCUT2D eigenvalue weighted by Gasteiger charge is 2.24. The highest BCUT2D eigenvalue weighted by molar-refractivity contribution is 5.79. The Balaban J connectivity index is 1.23. The number of aromatic amines is 1. The minimum absolute atomic E-state index is 0.545. The number of nitrogens with one attached hydrogen (secondary N) is 3. The number of benzene rings is 2. The van der Waals surface area contributed by atoms with Gasteiger partial charge in [-0.3, -0.25) is 9.89 Å². The summed E-state index contributed by atoms with van der Waals surface area (Å²) in [5.74, 6) is 1.85. The Morgan fingerprint density at radius 2 is 1.97 bits per heavy atom.